The molecular formula is C20H29N3O6S. The number of hydrogen-bond donors (Lipinski definition) is 2. The first-order valence-corrected chi connectivity index (χ1v) is 11.4. The molecule has 0 atom stereocenters. The first-order valence-electron chi connectivity index (χ1n) is 9.98. The molecule has 1 aromatic carbocycles. The SMILES string of the molecule is CCN(CC)S(=O)(=O)c1cccc(C(=O)NCC(=O)NC2(C(=O)OC)CCCC2)c1. The van der Waals surface area contributed by atoms with E-state index >= 15 is 0 Å². The fraction of sp³-hybridized carbons (Fsp3) is 0.550. The van der Waals surface area contributed by atoms with Gasteiger partial charge in [0.15, 0.2) is 0 Å². The summed E-state index contributed by atoms with van der Waals surface area (Å²) < 4.78 is 31.4. The number of sulfonamides is 1. The van der Waals surface area contributed by atoms with Crippen LogP contribution in [0.2, 0.25) is 0 Å². The molecule has 0 saturated heterocycles. The smallest absolute Gasteiger partial charge is 0.331 e. The summed E-state index contributed by atoms with van der Waals surface area (Å²) in [7, 11) is -2.43. The monoisotopic (exact) mass is 439 g/mol. The molecule has 0 aromatic heterocycles. The Morgan fingerprint density at radius 3 is 2.33 bits per heavy atom. The van der Waals surface area contributed by atoms with E-state index in [0.717, 1.165) is 12.8 Å². The fourth-order valence-corrected chi connectivity index (χ4v) is 5.14. The van der Waals surface area contributed by atoms with Crippen LogP contribution in [-0.4, -0.2) is 62.8 Å². The first-order chi connectivity index (χ1) is 14.2. The van der Waals surface area contributed by atoms with Crippen LogP contribution < -0.4 is 10.6 Å². The number of benzene rings is 1. The molecule has 1 aromatic rings. The lowest BCUT2D eigenvalue weighted by Crippen LogP contribution is -2.55. The second kappa shape index (κ2) is 10.0. The van der Waals surface area contributed by atoms with Crippen molar-refractivity contribution in [3.05, 3.63) is 29.8 Å². The van der Waals surface area contributed by atoms with Gasteiger partial charge in [-0.1, -0.05) is 32.8 Å². The summed E-state index contributed by atoms with van der Waals surface area (Å²) in [6, 6.07) is 5.67. The highest BCUT2D eigenvalue weighted by Crippen LogP contribution is 2.30. The van der Waals surface area contributed by atoms with Crippen molar-refractivity contribution < 1.29 is 27.5 Å². The summed E-state index contributed by atoms with van der Waals surface area (Å²) in [5.74, 6) is -1.59. The van der Waals surface area contributed by atoms with Crippen molar-refractivity contribution in [2.75, 3.05) is 26.7 Å². The van der Waals surface area contributed by atoms with Gasteiger partial charge in [0.1, 0.15) is 5.54 Å². The van der Waals surface area contributed by atoms with Crippen LogP contribution >= 0.6 is 0 Å². The van der Waals surface area contributed by atoms with E-state index in [2.05, 4.69) is 10.6 Å². The number of ether oxygens (including phenoxy) is 1. The Morgan fingerprint density at radius 1 is 1.13 bits per heavy atom. The third-order valence-corrected chi connectivity index (χ3v) is 7.31. The molecule has 0 heterocycles. The number of nitrogens with zero attached hydrogens (tertiary/aromatic N) is 1. The average molecular weight is 440 g/mol. The molecule has 2 rings (SSSR count). The predicted molar refractivity (Wildman–Crippen MR) is 110 cm³/mol. The molecular weight excluding hydrogens is 410 g/mol. The summed E-state index contributed by atoms with van der Waals surface area (Å²) in [6.45, 7) is 3.77. The number of methoxy groups -OCH3 is 1. The van der Waals surface area contributed by atoms with Crippen LogP contribution in [0, 0.1) is 0 Å². The predicted octanol–water partition coefficient (Wildman–Crippen LogP) is 1.05. The van der Waals surface area contributed by atoms with Gasteiger partial charge in [0.2, 0.25) is 15.9 Å². The van der Waals surface area contributed by atoms with Gasteiger partial charge in [-0.2, -0.15) is 4.31 Å². The first kappa shape index (κ1) is 23.8. The molecule has 0 radical (unpaired) electrons. The lowest BCUT2D eigenvalue weighted by Gasteiger charge is -2.27. The third-order valence-electron chi connectivity index (χ3n) is 5.26. The van der Waals surface area contributed by atoms with Gasteiger partial charge in [-0.15, -0.1) is 0 Å². The van der Waals surface area contributed by atoms with Crippen molar-refractivity contribution in [3.63, 3.8) is 0 Å². The maximum absolute atomic E-state index is 12.6. The van der Waals surface area contributed by atoms with Gasteiger partial charge >= 0.3 is 5.97 Å². The van der Waals surface area contributed by atoms with Crippen molar-refractivity contribution in [3.8, 4) is 0 Å². The Morgan fingerprint density at radius 2 is 1.77 bits per heavy atom. The van der Waals surface area contributed by atoms with Gasteiger partial charge in [-0.3, -0.25) is 9.59 Å². The highest BCUT2D eigenvalue weighted by Gasteiger charge is 2.43. The summed E-state index contributed by atoms with van der Waals surface area (Å²) in [5.41, 5.74) is -0.923. The largest absolute Gasteiger partial charge is 0.467 e. The molecule has 0 bridgehead atoms. The Hall–Kier alpha value is -2.46. The normalized spacial score (nSPS) is 15.6. The van der Waals surface area contributed by atoms with E-state index in [9.17, 15) is 22.8 Å². The molecule has 2 amide bonds. The van der Waals surface area contributed by atoms with Crippen molar-refractivity contribution in [1.82, 2.24) is 14.9 Å². The highest BCUT2D eigenvalue weighted by atomic mass is 32.2. The molecule has 0 unspecified atom stereocenters. The Labute approximate surface area is 177 Å². The second-order valence-electron chi connectivity index (χ2n) is 7.13. The summed E-state index contributed by atoms with van der Waals surface area (Å²) in [5, 5.41) is 5.16. The zero-order chi connectivity index (χ0) is 22.4. The molecule has 9 nitrogen and oxygen atoms in total. The molecule has 166 valence electrons. The molecule has 0 spiro atoms. The van der Waals surface area contributed by atoms with Crippen molar-refractivity contribution in [2.45, 2.75) is 50.0 Å². The van der Waals surface area contributed by atoms with E-state index in [0.29, 0.717) is 25.9 Å². The third kappa shape index (κ3) is 5.17. The number of carbonyl (C=O) groups excluding carboxylic acids is 3. The molecule has 10 heteroatoms. The molecule has 0 aliphatic heterocycles. The average Bonchev–Trinajstić information content (AvgIpc) is 3.21. The van der Waals surface area contributed by atoms with E-state index < -0.39 is 33.3 Å². The number of esters is 1. The molecule has 1 aliphatic carbocycles. The zero-order valence-corrected chi connectivity index (χ0v) is 18.4. The lowest BCUT2D eigenvalue weighted by atomic mass is 9.97. The van der Waals surface area contributed by atoms with Crippen molar-refractivity contribution in [1.29, 1.82) is 0 Å². The fourth-order valence-electron chi connectivity index (χ4n) is 3.64. The van der Waals surface area contributed by atoms with Crippen LogP contribution in [0.1, 0.15) is 49.9 Å². The van der Waals surface area contributed by atoms with Crippen molar-refractivity contribution >= 4 is 27.8 Å². The van der Waals surface area contributed by atoms with Gasteiger partial charge in [-0.05, 0) is 31.0 Å². The standard InChI is InChI=1S/C20H29N3O6S/c1-4-23(5-2)30(27,28)16-10-8-9-15(13-16)18(25)21-14-17(24)22-20(19(26)29-3)11-6-7-12-20/h8-10,13H,4-7,11-12,14H2,1-3H3,(H,21,25)(H,22,24). The van der Waals surface area contributed by atoms with E-state index in [-0.39, 0.29) is 17.0 Å². The number of carbonyl (C=O) groups is 3. The van der Waals surface area contributed by atoms with Gasteiger partial charge in [0.25, 0.3) is 5.91 Å². The summed E-state index contributed by atoms with van der Waals surface area (Å²) >= 11 is 0. The molecule has 1 aliphatic rings. The van der Waals surface area contributed by atoms with Crippen LogP contribution in [0.4, 0.5) is 0 Å². The van der Waals surface area contributed by atoms with Gasteiger partial charge in [-0.25, -0.2) is 13.2 Å². The van der Waals surface area contributed by atoms with E-state index in [1.54, 1.807) is 13.8 Å². The molecule has 2 N–H and O–H groups in total. The second-order valence-corrected chi connectivity index (χ2v) is 9.07. The van der Waals surface area contributed by atoms with Crippen LogP contribution in [-0.2, 0) is 24.3 Å². The minimum absolute atomic E-state index is 0.0129. The highest BCUT2D eigenvalue weighted by molar-refractivity contribution is 7.89. The van der Waals surface area contributed by atoms with Gasteiger partial charge < -0.3 is 15.4 Å². The number of hydrogen-bond acceptors (Lipinski definition) is 6. The van der Waals surface area contributed by atoms with Crippen LogP contribution in [0.15, 0.2) is 29.2 Å². The topological polar surface area (TPSA) is 122 Å². The Balaban J connectivity index is 2.05. The molecule has 1 fully saturated rings. The number of nitrogens with one attached hydrogen (secondary N) is 2. The summed E-state index contributed by atoms with van der Waals surface area (Å²) in [4.78, 5) is 36.9. The number of amides is 2. The van der Waals surface area contributed by atoms with Crippen LogP contribution in [0.5, 0.6) is 0 Å². The maximum atomic E-state index is 12.6. The van der Waals surface area contributed by atoms with Crippen molar-refractivity contribution in [2.24, 2.45) is 0 Å². The zero-order valence-electron chi connectivity index (χ0n) is 17.6. The van der Waals surface area contributed by atoms with E-state index in [4.69, 9.17) is 4.74 Å². The van der Waals surface area contributed by atoms with Gasteiger partial charge in [0, 0.05) is 18.7 Å². The quantitative estimate of drug-likeness (QED) is 0.555. The van der Waals surface area contributed by atoms with E-state index in [1.165, 1.54) is 35.7 Å². The van der Waals surface area contributed by atoms with Crippen LogP contribution in [0.25, 0.3) is 0 Å². The molecule has 30 heavy (non-hydrogen) atoms. The minimum atomic E-state index is -3.70. The summed E-state index contributed by atoms with van der Waals surface area (Å²) in [6.07, 6.45) is 2.58. The Bertz CT molecular complexity index is 890. The number of rotatable bonds is 9. The minimum Gasteiger partial charge on any atom is -0.467 e. The van der Waals surface area contributed by atoms with Gasteiger partial charge in [0.05, 0.1) is 18.6 Å². The maximum Gasteiger partial charge on any atom is 0.331 e. The lowest BCUT2D eigenvalue weighted by molar-refractivity contribution is -0.150. The van der Waals surface area contributed by atoms with E-state index in [1.807, 2.05) is 0 Å². The van der Waals surface area contributed by atoms with Crippen LogP contribution in [0.3, 0.4) is 0 Å². The molecule has 1 saturated carbocycles. The Kier molecular flexibility index (Phi) is 7.96.